The number of nitrogens with one attached hydrogen (secondary N) is 1. The van der Waals surface area contributed by atoms with Crippen LogP contribution < -0.4 is 10.5 Å². The summed E-state index contributed by atoms with van der Waals surface area (Å²) in [5, 5.41) is 5.86. The van der Waals surface area contributed by atoms with Gasteiger partial charge in [0.2, 0.25) is 0 Å². The lowest BCUT2D eigenvalue weighted by molar-refractivity contribution is 0.602. The van der Waals surface area contributed by atoms with Crippen molar-refractivity contribution < 1.29 is 0 Å². The lowest BCUT2D eigenvalue weighted by Crippen LogP contribution is -2.33. The highest BCUT2D eigenvalue weighted by atomic mass is 16.1. The van der Waals surface area contributed by atoms with Gasteiger partial charge in [0.25, 0.3) is 5.56 Å². The van der Waals surface area contributed by atoms with Gasteiger partial charge in [-0.25, -0.2) is 14.5 Å². The van der Waals surface area contributed by atoms with Crippen LogP contribution in [0.4, 0.5) is 5.82 Å². The number of para-hydroxylation sites is 1. The lowest BCUT2D eigenvalue weighted by Gasteiger charge is -2.27. The fraction of sp³-hybridized carbons (Fsp3) is 0.182. The van der Waals surface area contributed by atoms with Crippen LogP contribution in [0.3, 0.4) is 0 Å². The smallest absolute Gasteiger partial charge is 0.282 e. The molecule has 5 aromatic rings. The molecule has 30 heavy (non-hydrogen) atoms. The largest absolute Gasteiger partial charge is 0.346 e. The second-order valence-corrected chi connectivity index (χ2v) is 7.46. The minimum atomic E-state index is -0.0717. The molecule has 8 nitrogen and oxygen atoms in total. The summed E-state index contributed by atoms with van der Waals surface area (Å²) in [7, 11) is 0. The molecule has 1 aromatic carbocycles. The summed E-state index contributed by atoms with van der Waals surface area (Å²) < 4.78 is 3.42. The number of nitrogens with zero attached hydrogens (tertiary/aromatic N) is 6. The molecule has 5 heterocycles. The van der Waals surface area contributed by atoms with Gasteiger partial charge in [-0.2, -0.15) is 5.10 Å². The summed E-state index contributed by atoms with van der Waals surface area (Å²) in [5.41, 5.74) is 2.11. The molecule has 6 rings (SSSR count). The molecular formula is C22H19N7O. The van der Waals surface area contributed by atoms with Crippen LogP contribution in [0.15, 0.2) is 72.0 Å². The Morgan fingerprint density at radius 2 is 1.93 bits per heavy atom. The van der Waals surface area contributed by atoms with Crippen LogP contribution in [0.1, 0.15) is 24.7 Å². The summed E-state index contributed by atoms with van der Waals surface area (Å²) in [4.78, 5) is 27.7. The first kappa shape index (κ1) is 17.0. The number of fused-ring (bicyclic) bond motifs is 2. The maximum absolute atomic E-state index is 13.4. The number of hydrogen-bond acceptors (Lipinski definition) is 5. The van der Waals surface area contributed by atoms with Gasteiger partial charge in [-0.15, -0.1) is 0 Å². The van der Waals surface area contributed by atoms with E-state index in [0.29, 0.717) is 5.52 Å². The summed E-state index contributed by atoms with van der Waals surface area (Å²) in [5.74, 6) is 1.58. The quantitative estimate of drug-likeness (QED) is 0.506. The minimum absolute atomic E-state index is 0.0716. The number of aromatic nitrogens is 6. The highest BCUT2D eigenvalue weighted by molar-refractivity contribution is 5.87. The number of H-pyrrole nitrogens is 1. The van der Waals surface area contributed by atoms with Crippen LogP contribution in [-0.4, -0.2) is 35.7 Å². The third-order valence-corrected chi connectivity index (χ3v) is 5.76. The average molecular weight is 397 g/mol. The topological polar surface area (TPSA) is 84.1 Å². The first-order valence-corrected chi connectivity index (χ1v) is 10.0. The van der Waals surface area contributed by atoms with Crippen LogP contribution in [0.2, 0.25) is 0 Å². The molecule has 8 heteroatoms. The minimum Gasteiger partial charge on any atom is -0.346 e. The zero-order valence-corrected chi connectivity index (χ0v) is 16.1. The Balaban J connectivity index is 1.59. The van der Waals surface area contributed by atoms with Crippen molar-refractivity contribution in [1.29, 1.82) is 0 Å². The van der Waals surface area contributed by atoms with Crippen molar-refractivity contribution in [2.75, 3.05) is 11.4 Å². The Hall–Kier alpha value is -3.94. The van der Waals surface area contributed by atoms with Gasteiger partial charge >= 0.3 is 0 Å². The molecule has 1 N–H and O–H groups in total. The molecule has 1 fully saturated rings. The van der Waals surface area contributed by atoms with Crippen molar-refractivity contribution in [2.45, 2.75) is 18.9 Å². The molecule has 0 saturated carbocycles. The SMILES string of the molecule is O=c1c2cccn2nc([C@@H]2CCCN2c2ncnc3[nH]ccc23)n1-c1ccccc1. The van der Waals surface area contributed by atoms with E-state index in [1.54, 1.807) is 21.5 Å². The summed E-state index contributed by atoms with van der Waals surface area (Å²) >= 11 is 0. The fourth-order valence-corrected chi connectivity index (χ4v) is 4.42. The van der Waals surface area contributed by atoms with Gasteiger partial charge in [-0.05, 0) is 43.2 Å². The van der Waals surface area contributed by atoms with Crippen molar-refractivity contribution in [3.05, 3.63) is 83.4 Å². The monoisotopic (exact) mass is 397 g/mol. The second-order valence-electron chi connectivity index (χ2n) is 7.46. The molecule has 0 bridgehead atoms. The van der Waals surface area contributed by atoms with Crippen molar-refractivity contribution in [3.8, 4) is 5.69 Å². The third-order valence-electron chi connectivity index (χ3n) is 5.76. The molecule has 4 aromatic heterocycles. The molecule has 0 unspecified atom stereocenters. The molecule has 1 atom stereocenters. The van der Waals surface area contributed by atoms with Crippen LogP contribution in [0, 0.1) is 0 Å². The standard InChI is InChI=1S/C22H19N7O/c30-22-18-9-5-13-28(18)26-21(29(22)15-6-2-1-3-7-15)17-8-4-12-27(17)20-16-10-11-23-19(16)24-14-25-20/h1-3,5-7,9-11,13-14,17H,4,8,12H2,(H,23,24,25)/t17-/m0/s1. The van der Waals surface area contributed by atoms with Crippen molar-refractivity contribution in [1.82, 2.24) is 29.1 Å². The molecule has 1 aliphatic heterocycles. The maximum atomic E-state index is 13.4. The summed E-state index contributed by atoms with van der Waals surface area (Å²) in [6.07, 6.45) is 7.16. The van der Waals surface area contributed by atoms with Gasteiger partial charge in [-0.3, -0.25) is 9.36 Å². The Kier molecular flexibility index (Phi) is 3.70. The molecule has 0 amide bonds. The van der Waals surface area contributed by atoms with E-state index in [2.05, 4.69) is 19.9 Å². The van der Waals surface area contributed by atoms with Crippen molar-refractivity contribution in [2.24, 2.45) is 0 Å². The van der Waals surface area contributed by atoms with Crippen molar-refractivity contribution in [3.63, 3.8) is 0 Å². The molecule has 0 spiro atoms. The van der Waals surface area contributed by atoms with E-state index >= 15 is 0 Å². The predicted octanol–water partition coefficient (Wildman–Crippen LogP) is 3.10. The number of benzene rings is 1. The summed E-state index contributed by atoms with van der Waals surface area (Å²) in [6, 6.07) is 15.3. The highest BCUT2D eigenvalue weighted by Crippen LogP contribution is 2.37. The third kappa shape index (κ3) is 2.46. The van der Waals surface area contributed by atoms with E-state index in [1.807, 2.05) is 54.9 Å². The number of hydrogen-bond donors (Lipinski definition) is 1. The van der Waals surface area contributed by atoms with Gasteiger partial charge in [0.1, 0.15) is 23.3 Å². The van der Waals surface area contributed by atoms with Gasteiger partial charge in [0.05, 0.1) is 17.1 Å². The van der Waals surface area contributed by atoms with Crippen LogP contribution in [0.25, 0.3) is 22.2 Å². The predicted molar refractivity (Wildman–Crippen MR) is 114 cm³/mol. The molecule has 1 aliphatic rings. The first-order valence-electron chi connectivity index (χ1n) is 10.0. The van der Waals surface area contributed by atoms with Crippen LogP contribution in [-0.2, 0) is 0 Å². The highest BCUT2D eigenvalue weighted by Gasteiger charge is 2.33. The Bertz CT molecular complexity index is 1420. The van der Waals surface area contributed by atoms with E-state index in [9.17, 15) is 4.79 Å². The van der Waals surface area contributed by atoms with Crippen LogP contribution >= 0.6 is 0 Å². The Morgan fingerprint density at radius 3 is 2.83 bits per heavy atom. The molecule has 0 radical (unpaired) electrons. The Labute approximate surface area is 171 Å². The second kappa shape index (κ2) is 6.55. The van der Waals surface area contributed by atoms with E-state index in [4.69, 9.17) is 5.10 Å². The number of rotatable bonds is 3. The van der Waals surface area contributed by atoms with Gasteiger partial charge in [0.15, 0.2) is 5.82 Å². The van der Waals surface area contributed by atoms with Gasteiger partial charge in [-0.1, -0.05) is 18.2 Å². The first-order chi connectivity index (χ1) is 14.8. The van der Waals surface area contributed by atoms with Gasteiger partial charge in [0, 0.05) is 18.9 Å². The zero-order valence-electron chi connectivity index (χ0n) is 16.1. The van der Waals surface area contributed by atoms with Crippen LogP contribution in [0.5, 0.6) is 0 Å². The van der Waals surface area contributed by atoms with E-state index in [1.165, 1.54) is 0 Å². The summed E-state index contributed by atoms with van der Waals surface area (Å²) in [6.45, 7) is 0.844. The van der Waals surface area contributed by atoms with E-state index in [-0.39, 0.29) is 11.6 Å². The van der Waals surface area contributed by atoms with Crippen molar-refractivity contribution >= 4 is 22.4 Å². The van der Waals surface area contributed by atoms with E-state index in [0.717, 1.165) is 47.7 Å². The molecular weight excluding hydrogens is 378 g/mol. The number of aromatic amines is 1. The fourth-order valence-electron chi connectivity index (χ4n) is 4.42. The maximum Gasteiger partial charge on any atom is 0.282 e. The van der Waals surface area contributed by atoms with E-state index < -0.39 is 0 Å². The average Bonchev–Trinajstić information content (AvgIpc) is 3.53. The lowest BCUT2D eigenvalue weighted by atomic mass is 10.2. The zero-order chi connectivity index (χ0) is 20.1. The molecule has 0 aliphatic carbocycles. The van der Waals surface area contributed by atoms with Gasteiger partial charge < -0.3 is 9.88 Å². The number of anilines is 1. The molecule has 1 saturated heterocycles. The molecule has 148 valence electrons. The Morgan fingerprint density at radius 1 is 1.03 bits per heavy atom. The normalized spacial score (nSPS) is 16.7.